The molecule has 0 spiro atoms. The van der Waals surface area contributed by atoms with E-state index in [1.54, 1.807) is 0 Å². The molecule has 6 aromatic rings. The molecule has 2 aliphatic rings. The molecule has 0 fully saturated rings. The number of pyridine rings is 2. The van der Waals surface area contributed by atoms with E-state index in [0.717, 1.165) is 33.9 Å². The number of hydrogen-bond acceptors (Lipinski definition) is 2. The van der Waals surface area contributed by atoms with E-state index in [2.05, 4.69) is 149 Å². The van der Waals surface area contributed by atoms with Crippen molar-refractivity contribution < 1.29 is 0 Å². The summed E-state index contributed by atoms with van der Waals surface area (Å²) in [7, 11) is 0. The van der Waals surface area contributed by atoms with Crippen molar-refractivity contribution >= 4 is 0 Å². The van der Waals surface area contributed by atoms with E-state index in [4.69, 9.17) is 9.97 Å². The summed E-state index contributed by atoms with van der Waals surface area (Å²) in [5.41, 5.74) is 16.6. The molecule has 202 valence electrons. The van der Waals surface area contributed by atoms with Gasteiger partial charge >= 0.3 is 0 Å². The van der Waals surface area contributed by atoms with Crippen molar-refractivity contribution in [2.24, 2.45) is 0 Å². The number of nitrogens with zero attached hydrogens (tertiary/aromatic N) is 2. The number of rotatable bonds is 3. The topological polar surface area (TPSA) is 25.8 Å². The second-order valence-corrected chi connectivity index (χ2v) is 12.7. The molecule has 0 atom stereocenters. The minimum atomic E-state index is -0.0239. The van der Waals surface area contributed by atoms with E-state index in [1.807, 2.05) is 0 Å². The lowest BCUT2D eigenvalue weighted by Crippen LogP contribution is -2.14. The summed E-state index contributed by atoms with van der Waals surface area (Å²) < 4.78 is 0. The molecule has 0 aliphatic heterocycles. The molecule has 2 heterocycles. The Balaban J connectivity index is 1.07. The molecule has 8 rings (SSSR count). The van der Waals surface area contributed by atoms with Gasteiger partial charge in [0, 0.05) is 33.1 Å². The summed E-state index contributed by atoms with van der Waals surface area (Å²) in [6.45, 7) is 9.16. The maximum Gasteiger partial charge on any atom is 0.0753 e. The summed E-state index contributed by atoms with van der Waals surface area (Å²) >= 11 is 0. The Morgan fingerprint density at radius 3 is 1.12 bits per heavy atom. The second kappa shape index (κ2) is 8.84. The first-order valence-electron chi connectivity index (χ1n) is 14.8. The second-order valence-electron chi connectivity index (χ2n) is 12.7. The van der Waals surface area contributed by atoms with Crippen LogP contribution in [0, 0.1) is 0 Å². The van der Waals surface area contributed by atoms with Gasteiger partial charge in [-0.3, -0.25) is 0 Å². The summed E-state index contributed by atoms with van der Waals surface area (Å²) in [6.07, 6.45) is 0. The molecule has 0 bridgehead atoms. The Bertz CT molecular complexity index is 1860. The van der Waals surface area contributed by atoms with Crippen LogP contribution < -0.4 is 0 Å². The van der Waals surface area contributed by atoms with Gasteiger partial charge in [0.1, 0.15) is 0 Å². The predicted molar refractivity (Wildman–Crippen MR) is 173 cm³/mol. The van der Waals surface area contributed by atoms with E-state index in [9.17, 15) is 0 Å². The lowest BCUT2D eigenvalue weighted by atomic mass is 9.83. The quantitative estimate of drug-likeness (QED) is 0.223. The molecule has 2 aliphatic carbocycles. The number of hydrogen-bond donors (Lipinski definition) is 0. The molecule has 0 saturated heterocycles. The zero-order valence-electron chi connectivity index (χ0n) is 24.4. The van der Waals surface area contributed by atoms with Crippen molar-refractivity contribution in [1.82, 2.24) is 9.97 Å². The number of aromatic nitrogens is 2. The van der Waals surface area contributed by atoms with Crippen LogP contribution in [0.3, 0.4) is 0 Å². The standard InChI is InChI=1S/C40H32N2/c1-39(2)31-11-7-5-9-29(31)37-33(39)21-23-35(41-37)27-17-13-25(14-18-27)26-15-19-28(20-16-26)36-24-22-34-38(42-36)30-10-6-8-12-32(30)40(34,3)4/h5-24H,1-4H3. The fourth-order valence-electron chi connectivity index (χ4n) is 7.09. The Morgan fingerprint density at radius 2 is 0.714 bits per heavy atom. The average molecular weight is 541 g/mol. The van der Waals surface area contributed by atoms with Crippen molar-refractivity contribution in [1.29, 1.82) is 0 Å². The smallest absolute Gasteiger partial charge is 0.0753 e. The van der Waals surface area contributed by atoms with Crippen LogP contribution in [0.5, 0.6) is 0 Å². The first-order valence-corrected chi connectivity index (χ1v) is 14.8. The Kier molecular flexibility index (Phi) is 5.25. The monoisotopic (exact) mass is 540 g/mol. The highest BCUT2D eigenvalue weighted by molar-refractivity contribution is 5.82. The van der Waals surface area contributed by atoms with Crippen LogP contribution in [0.2, 0.25) is 0 Å². The molecular formula is C40H32N2. The molecule has 2 nitrogen and oxygen atoms in total. The Hall–Kier alpha value is -4.82. The molecule has 4 aromatic carbocycles. The highest BCUT2D eigenvalue weighted by Crippen LogP contribution is 2.49. The summed E-state index contributed by atoms with van der Waals surface area (Å²) in [5.74, 6) is 0. The molecule has 0 radical (unpaired) electrons. The maximum atomic E-state index is 5.15. The van der Waals surface area contributed by atoms with Crippen LogP contribution in [-0.4, -0.2) is 9.97 Å². The third kappa shape index (κ3) is 3.58. The molecule has 2 heteroatoms. The van der Waals surface area contributed by atoms with Crippen molar-refractivity contribution in [2.45, 2.75) is 38.5 Å². The Labute approximate surface area is 247 Å². The van der Waals surface area contributed by atoms with Crippen LogP contribution in [0.15, 0.2) is 121 Å². The van der Waals surface area contributed by atoms with Crippen LogP contribution in [0.25, 0.3) is 56.2 Å². The third-order valence-electron chi connectivity index (χ3n) is 9.54. The van der Waals surface area contributed by atoms with Gasteiger partial charge in [-0.2, -0.15) is 0 Å². The molecule has 0 N–H and O–H groups in total. The van der Waals surface area contributed by atoms with E-state index in [1.165, 1.54) is 44.5 Å². The lowest BCUT2D eigenvalue weighted by molar-refractivity contribution is 0.659. The van der Waals surface area contributed by atoms with Gasteiger partial charge < -0.3 is 0 Å². The lowest BCUT2D eigenvalue weighted by Gasteiger charge is -2.20. The minimum absolute atomic E-state index is 0.0239. The van der Waals surface area contributed by atoms with Crippen LogP contribution >= 0.6 is 0 Å². The SMILES string of the molecule is CC1(C)c2ccccc2-c2nc(-c3ccc(-c4ccc(-c5ccc6c(n5)-c5ccccc5C6(C)C)cc4)cc3)ccc21. The van der Waals surface area contributed by atoms with Gasteiger partial charge in [0.2, 0.25) is 0 Å². The predicted octanol–water partition coefficient (Wildman–Crippen LogP) is 10.1. The van der Waals surface area contributed by atoms with Crippen LogP contribution in [0.1, 0.15) is 49.9 Å². The largest absolute Gasteiger partial charge is 0.247 e. The van der Waals surface area contributed by atoms with Crippen LogP contribution in [0.4, 0.5) is 0 Å². The van der Waals surface area contributed by atoms with Crippen molar-refractivity contribution in [3.63, 3.8) is 0 Å². The molecular weight excluding hydrogens is 508 g/mol. The van der Waals surface area contributed by atoms with Gasteiger partial charge in [0.05, 0.1) is 22.8 Å². The highest BCUT2D eigenvalue weighted by Gasteiger charge is 2.37. The fourth-order valence-corrected chi connectivity index (χ4v) is 7.09. The zero-order chi connectivity index (χ0) is 28.6. The molecule has 0 unspecified atom stereocenters. The number of benzene rings is 4. The first kappa shape index (κ1) is 24.9. The Morgan fingerprint density at radius 1 is 0.357 bits per heavy atom. The summed E-state index contributed by atoms with van der Waals surface area (Å²) in [4.78, 5) is 10.3. The van der Waals surface area contributed by atoms with E-state index in [0.29, 0.717) is 0 Å². The number of fused-ring (bicyclic) bond motifs is 6. The van der Waals surface area contributed by atoms with Gasteiger partial charge in [0.25, 0.3) is 0 Å². The van der Waals surface area contributed by atoms with Gasteiger partial charge in [-0.15, -0.1) is 0 Å². The average Bonchev–Trinajstić information content (AvgIpc) is 3.40. The molecule has 0 amide bonds. The molecule has 42 heavy (non-hydrogen) atoms. The van der Waals surface area contributed by atoms with E-state index >= 15 is 0 Å². The van der Waals surface area contributed by atoms with Gasteiger partial charge in [-0.1, -0.05) is 137 Å². The maximum absolute atomic E-state index is 5.15. The normalized spacial score (nSPS) is 15.0. The van der Waals surface area contributed by atoms with Crippen molar-refractivity contribution in [3.05, 3.63) is 144 Å². The van der Waals surface area contributed by atoms with Gasteiger partial charge in [-0.25, -0.2) is 9.97 Å². The molecule has 0 saturated carbocycles. The van der Waals surface area contributed by atoms with Crippen LogP contribution in [-0.2, 0) is 10.8 Å². The van der Waals surface area contributed by atoms with E-state index in [-0.39, 0.29) is 10.8 Å². The third-order valence-corrected chi connectivity index (χ3v) is 9.54. The highest BCUT2D eigenvalue weighted by atomic mass is 14.7. The minimum Gasteiger partial charge on any atom is -0.247 e. The van der Waals surface area contributed by atoms with E-state index < -0.39 is 0 Å². The van der Waals surface area contributed by atoms with Crippen molar-refractivity contribution in [2.75, 3.05) is 0 Å². The van der Waals surface area contributed by atoms with Gasteiger partial charge in [0.15, 0.2) is 0 Å². The fraction of sp³-hybridized carbons (Fsp3) is 0.150. The summed E-state index contributed by atoms with van der Waals surface area (Å²) in [5, 5.41) is 0. The molecule has 2 aromatic heterocycles. The van der Waals surface area contributed by atoms with Gasteiger partial charge in [-0.05, 0) is 45.5 Å². The summed E-state index contributed by atoms with van der Waals surface area (Å²) in [6, 6.07) is 43.7. The first-order chi connectivity index (χ1) is 20.3. The zero-order valence-corrected chi connectivity index (χ0v) is 24.4. The van der Waals surface area contributed by atoms with Crippen molar-refractivity contribution in [3.8, 4) is 56.2 Å².